The third-order valence-electron chi connectivity index (χ3n) is 6.56. The van der Waals surface area contributed by atoms with Gasteiger partial charge in [-0.25, -0.2) is 9.79 Å². The van der Waals surface area contributed by atoms with Crippen molar-refractivity contribution in [3.05, 3.63) is 76.6 Å². The van der Waals surface area contributed by atoms with E-state index in [0.29, 0.717) is 33.9 Å². The molecule has 2 fully saturated rings. The molecule has 0 radical (unpaired) electrons. The summed E-state index contributed by atoms with van der Waals surface area (Å²) in [6.07, 6.45) is 1.82. The van der Waals surface area contributed by atoms with Crippen LogP contribution in [0.3, 0.4) is 0 Å². The Morgan fingerprint density at radius 3 is 2.54 bits per heavy atom. The number of carbonyl (C=O) groups excluding carboxylic acids is 2. The Kier molecular flexibility index (Phi) is 8.95. The number of methoxy groups -OCH3 is 2. The summed E-state index contributed by atoms with van der Waals surface area (Å²) in [6.45, 7) is 5.74. The van der Waals surface area contributed by atoms with Gasteiger partial charge in [-0.1, -0.05) is 6.07 Å². The molecule has 2 saturated heterocycles. The first kappa shape index (κ1) is 28.3. The minimum absolute atomic E-state index is 0.0975. The molecule has 214 valence electrons. The molecule has 0 unspecified atom stereocenters. The van der Waals surface area contributed by atoms with Crippen LogP contribution in [0.25, 0.3) is 6.08 Å². The van der Waals surface area contributed by atoms with Crippen LogP contribution < -0.4 is 14.4 Å². The molecule has 0 spiro atoms. The van der Waals surface area contributed by atoms with Crippen molar-refractivity contribution in [2.75, 3.05) is 52.0 Å². The number of benzene rings is 2. The lowest BCUT2D eigenvalue weighted by Crippen LogP contribution is -2.36. The topological polar surface area (TPSA) is 103 Å². The molecule has 10 nitrogen and oxygen atoms in total. The molecule has 0 N–H and O–H groups in total. The number of ether oxygens (including phenoxy) is 4. The maximum absolute atomic E-state index is 13.2. The number of aliphatic imine (C=N–C) groups is 1. The van der Waals surface area contributed by atoms with Crippen LogP contribution in [0.15, 0.2) is 68.9 Å². The quantitative estimate of drug-likeness (QED) is 0.253. The summed E-state index contributed by atoms with van der Waals surface area (Å²) >= 11 is 1.34. The average molecular weight is 578 g/mol. The van der Waals surface area contributed by atoms with E-state index in [9.17, 15) is 9.59 Å². The van der Waals surface area contributed by atoms with Crippen LogP contribution in [0.5, 0.6) is 11.5 Å². The van der Waals surface area contributed by atoms with Crippen molar-refractivity contribution >= 4 is 46.3 Å². The predicted octanol–water partition coefficient (Wildman–Crippen LogP) is 5.11. The molecule has 0 bridgehead atoms. The highest BCUT2D eigenvalue weighted by Crippen LogP contribution is 2.36. The van der Waals surface area contributed by atoms with Gasteiger partial charge in [0.25, 0.3) is 5.91 Å². The zero-order chi connectivity index (χ0) is 28.8. The second kappa shape index (κ2) is 13.0. The average Bonchev–Trinajstić information content (AvgIpc) is 3.60. The van der Waals surface area contributed by atoms with Crippen LogP contribution >= 0.6 is 11.8 Å². The second-order valence-electron chi connectivity index (χ2n) is 9.13. The second-order valence-corrected chi connectivity index (χ2v) is 10.1. The van der Waals surface area contributed by atoms with Crippen molar-refractivity contribution in [3.8, 4) is 11.5 Å². The van der Waals surface area contributed by atoms with Crippen molar-refractivity contribution in [2.45, 2.75) is 13.5 Å². The van der Waals surface area contributed by atoms with Crippen molar-refractivity contribution < 1.29 is 33.0 Å². The lowest BCUT2D eigenvalue weighted by Gasteiger charge is -2.28. The van der Waals surface area contributed by atoms with Gasteiger partial charge in [-0.3, -0.25) is 9.69 Å². The summed E-state index contributed by atoms with van der Waals surface area (Å²) in [4.78, 5) is 34.1. The van der Waals surface area contributed by atoms with E-state index in [1.807, 2.05) is 31.2 Å². The standard InChI is InChI=1S/C30H31N3O7S/c1-4-33-28(34)27(41-30(33)31-21-6-8-22(9-7-21)32-13-15-38-16-14-32)18-20-5-11-24(26(17-20)36-2)39-19-23-10-12-25(40-23)29(35)37-3/h5-12,17-18H,4,13-16,19H2,1-3H3. The van der Waals surface area contributed by atoms with E-state index in [1.54, 1.807) is 30.2 Å². The molecule has 2 aliphatic heterocycles. The van der Waals surface area contributed by atoms with E-state index in [2.05, 4.69) is 21.8 Å². The zero-order valence-electron chi connectivity index (χ0n) is 23.1. The van der Waals surface area contributed by atoms with Crippen molar-refractivity contribution in [2.24, 2.45) is 4.99 Å². The third-order valence-corrected chi connectivity index (χ3v) is 7.57. The molecule has 2 aliphatic rings. The Labute approximate surface area is 242 Å². The first-order valence-corrected chi connectivity index (χ1v) is 14.0. The Balaban J connectivity index is 1.29. The number of likely N-dealkylation sites (N-methyl/N-ethyl adjacent to an activating group) is 1. The summed E-state index contributed by atoms with van der Waals surface area (Å²) in [5.74, 6) is 0.911. The molecule has 3 heterocycles. The highest BCUT2D eigenvalue weighted by molar-refractivity contribution is 8.18. The van der Waals surface area contributed by atoms with Gasteiger partial charge in [0.2, 0.25) is 5.76 Å². The molecular weight excluding hydrogens is 546 g/mol. The van der Waals surface area contributed by atoms with E-state index in [1.165, 1.54) is 24.9 Å². The van der Waals surface area contributed by atoms with Crippen LogP contribution in [-0.4, -0.2) is 69.0 Å². The number of carbonyl (C=O) groups is 2. The number of rotatable bonds is 9. The smallest absolute Gasteiger partial charge is 0.373 e. The minimum atomic E-state index is -0.554. The molecule has 41 heavy (non-hydrogen) atoms. The summed E-state index contributed by atoms with van der Waals surface area (Å²) in [5, 5.41) is 0.638. The predicted molar refractivity (Wildman–Crippen MR) is 157 cm³/mol. The molecule has 0 aliphatic carbocycles. The zero-order valence-corrected chi connectivity index (χ0v) is 23.9. The Bertz CT molecular complexity index is 1460. The van der Waals surface area contributed by atoms with Crippen molar-refractivity contribution in [3.63, 3.8) is 0 Å². The number of nitrogens with zero attached hydrogens (tertiary/aromatic N) is 3. The van der Waals surface area contributed by atoms with E-state index in [-0.39, 0.29) is 18.3 Å². The first-order valence-electron chi connectivity index (χ1n) is 13.2. The van der Waals surface area contributed by atoms with Gasteiger partial charge >= 0.3 is 5.97 Å². The summed E-state index contributed by atoms with van der Waals surface area (Å²) in [7, 11) is 2.84. The monoisotopic (exact) mass is 577 g/mol. The molecular formula is C30H31N3O7S. The largest absolute Gasteiger partial charge is 0.493 e. The van der Waals surface area contributed by atoms with E-state index in [0.717, 1.165) is 43.2 Å². The number of amides is 1. The lowest BCUT2D eigenvalue weighted by molar-refractivity contribution is -0.122. The molecule has 11 heteroatoms. The fraction of sp³-hybridized carbons (Fsp3) is 0.300. The summed E-state index contributed by atoms with van der Waals surface area (Å²) < 4.78 is 26.9. The lowest BCUT2D eigenvalue weighted by atomic mass is 10.2. The number of esters is 1. The number of furan rings is 1. The van der Waals surface area contributed by atoms with E-state index in [4.69, 9.17) is 23.6 Å². The maximum Gasteiger partial charge on any atom is 0.373 e. The molecule has 1 aromatic heterocycles. The van der Waals surface area contributed by atoms with Crippen LogP contribution in [0.1, 0.15) is 28.8 Å². The fourth-order valence-corrected chi connectivity index (χ4v) is 5.46. The number of morpholine rings is 1. The fourth-order valence-electron chi connectivity index (χ4n) is 4.40. The van der Waals surface area contributed by atoms with E-state index >= 15 is 0 Å². The normalized spacial score (nSPS) is 17.4. The molecule has 0 atom stereocenters. The van der Waals surface area contributed by atoms with Crippen molar-refractivity contribution in [1.82, 2.24) is 4.90 Å². The summed E-state index contributed by atoms with van der Waals surface area (Å²) in [6, 6.07) is 16.6. The van der Waals surface area contributed by atoms with Gasteiger partial charge in [0.15, 0.2) is 16.7 Å². The van der Waals surface area contributed by atoms with E-state index < -0.39 is 5.97 Å². The maximum atomic E-state index is 13.2. The Morgan fingerprint density at radius 2 is 1.83 bits per heavy atom. The summed E-state index contributed by atoms with van der Waals surface area (Å²) in [5.41, 5.74) is 2.70. The van der Waals surface area contributed by atoms with Crippen LogP contribution in [0.2, 0.25) is 0 Å². The van der Waals surface area contributed by atoms with Gasteiger partial charge < -0.3 is 28.3 Å². The van der Waals surface area contributed by atoms with Crippen LogP contribution in [0.4, 0.5) is 11.4 Å². The molecule has 2 aromatic carbocycles. The highest BCUT2D eigenvalue weighted by atomic mass is 32.2. The first-order chi connectivity index (χ1) is 20.0. The minimum Gasteiger partial charge on any atom is -0.493 e. The third kappa shape index (κ3) is 6.58. The van der Waals surface area contributed by atoms with Gasteiger partial charge in [-0.05, 0) is 78.9 Å². The molecule has 0 saturated carbocycles. The van der Waals surface area contributed by atoms with Gasteiger partial charge in [0.05, 0.1) is 38.0 Å². The van der Waals surface area contributed by atoms with Crippen LogP contribution in [0, 0.1) is 0 Å². The molecule has 1 amide bonds. The van der Waals surface area contributed by atoms with Gasteiger partial charge in [0.1, 0.15) is 12.4 Å². The number of thioether (sulfide) groups is 1. The number of hydrogen-bond donors (Lipinski definition) is 0. The Hall–Kier alpha value is -4.22. The SMILES string of the molecule is CCN1C(=O)C(=Cc2ccc(OCc3ccc(C(=O)OC)o3)c(OC)c2)SC1=Nc1ccc(N2CCOCC2)cc1. The number of amidine groups is 1. The number of hydrogen-bond acceptors (Lipinski definition) is 10. The molecule has 5 rings (SSSR count). The number of anilines is 1. The van der Waals surface area contributed by atoms with Crippen molar-refractivity contribution in [1.29, 1.82) is 0 Å². The van der Waals surface area contributed by atoms with Crippen LogP contribution in [-0.2, 0) is 20.9 Å². The highest BCUT2D eigenvalue weighted by Gasteiger charge is 2.32. The molecule has 3 aromatic rings. The van der Waals surface area contributed by atoms with Gasteiger partial charge in [-0.15, -0.1) is 0 Å². The van der Waals surface area contributed by atoms with Gasteiger partial charge in [-0.2, -0.15) is 0 Å². The Morgan fingerprint density at radius 1 is 1.05 bits per heavy atom. The van der Waals surface area contributed by atoms with Gasteiger partial charge in [0, 0.05) is 25.3 Å².